The first-order valence-electron chi connectivity index (χ1n) is 5.36. The molecule has 0 spiro atoms. The van der Waals surface area contributed by atoms with Gasteiger partial charge < -0.3 is 10.3 Å². The molecule has 1 amide bonds. The molecule has 0 radical (unpaired) electrons. The summed E-state index contributed by atoms with van der Waals surface area (Å²) >= 11 is 0. The average molecular weight is 216 g/mol. The van der Waals surface area contributed by atoms with Gasteiger partial charge in [-0.15, -0.1) is 0 Å². The van der Waals surface area contributed by atoms with Gasteiger partial charge in [-0.2, -0.15) is 0 Å². The van der Waals surface area contributed by atoms with Crippen molar-refractivity contribution in [3.63, 3.8) is 0 Å². The quantitative estimate of drug-likeness (QED) is 0.792. The van der Waals surface area contributed by atoms with E-state index in [0.717, 1.165) is 11.3 Å². The summed E-state index contributed by atoms with van der Waals surface area (Å²) in [5.74, 6) is 1.38. The number of pyridine rings is 1. The number of carbonyl (C=O) groups is 1. The number of hydrogen-bond donors (Lipinski definition) is 2. The zero-order chi connectivity index (χ0) is 11.1. The number of hydrogen-bond acceptors (Lipinski definition) is 3. The Balaban J connectivity index is 2.17. The fourth-order valence-corrected chi connectivity index (χ4v) is 1.80. The molecule has 2 heterocycles. The highest BCUT2D eigenvalue weighted by Crippen LogP contribution is 2.39. The van der Waals surface area contributed by atoms with Crippen molar-refractivity contribution >= 4 is 17.1 Å². The largest absolute Gasteiger partial charge is 0.355 e. The molecule has 0 atom stereocenters. The summed E-state index contributed by atoms with van der Waals surface area (Å²) in [6.07, 6.45) is 3.97. The first-order valence-corrected chi connectivity index (χ1v) is 5.36. The fourth-order valence-electron chi connectivity index (χ4n) is 1.80. The van der Waals surface area contributed by atoms with Crippen LogP contribution in [0.2, 0.25) is 0 Å². The maximum absolute atomic E-state index is 11.6. The molecular weight excluding hydrogens is 204 g/mol. The normalized spacial score (nSPS) is 15.3. The monoisotopic (exact) mass is 216 g/mol. The van der Waals surface area contributed by atoms with Crippen molar-refractivity contribution in [2.24, 2.45) is 0 Å². The van der Waals surface area contributed by atoms with Crippen LogP contribution in [-0.4, -0.2) is 27.9 Å². The predicted octanol–water partition coefficient (Wildman–Crippen LogP) is 1.19. The van der Waals surface area contributed by atoms with Gasteiger partial charge in [0.1, 0.15) is 5.82 Å². The van der Waals surface area contributed by atoms with E-state index in [1.165, 1.54) is 12.8 Å². The van der Waals surface area contributed by atoms with Gasteiger partial charge in [-0.3, -0.25) is 4.79 Å². The molecule has 82 valence electrons. The molecule has 1 saturated carbocycles. The van der Waals surface area contributed by atoms with Crippen LogP contribution in [0.1, 0.15) is 34.9 Å². The van der Waals surface area contributed by atoms with Crippen molar-refractivity contribution in [1.82, 2.24) is 20.3 Å². The van der Waals surface area contributed by atoms with Crippen LogP contribution in [0.4, 0.5) is 0 Å². The number of H-pyrrole nitrogens is 1. The number of nitrogens with zero attached hydrogens (tertiary/aromatic N) is 2. The Bertz CT molecular complexity index is 556. The van der Waals surface area contributed by atoms with E-state index in [1.807, 2.05) is 0 Å². The molecule has 16 heavy (non-hydrogen) atoms. The first kappa shape index (κ1) is 9.33. The number of fused-ring (bicyclic) bond motifs is 1. The van der Waals surface area contributed by atoms with Gasteiger partial charge in [0, 0.05) is 19.2 Å². The summed E-state index contributed by atoms with van der Waals surface area (Å²) in [6, 6.07) is 1.70. The van der Waals surface area contributed by atoms with E-state index < -0.39 is 0 Å². The number of rotatable bonds is 2. The number of aromatic amines is 1. The maximum atomic E-state index is 11.6. The minimum absolute atomic E-state index is 0.113. The average Bonchev–Trinajstić information content (AvgIpc) is 3.07. The molecular formula is C11H12N4O. The summed E-state index contributed by atoms with van der Waals surface area (Å²) < 4.78 is 0. The third kappa shape index (κ3) is 1.36. The van der Waals surface area contributed by atoms with Crippen molar-refractivity contribution in [2.45, 2.75) is 18.8 Å². The van der Waals surface area contributed by atoms with Gasteiger partial charge >= 0.3 is 0 Å². The van der Waals surface area contributed by atoms with Crippen LogP contribution in [0.15, 0.2) is 12.3 Å². The Morgan fingerprint density at radius 1 is 1.56 bits per heavy atom. The van der Waals surface area contributed by atoms with E-state index in [0.29, 0.717) is 17.1 Å². The first-order chi connectivity index (χ1) is 7.79. The second-order valence-corrected chi connectivity index (χ2v) is 4.03. The number of nitrogens with one attached hydrogen (secondary N) is 2. The molecule has 5 heteroatoms. The summed E-state index contributed by atoms with van der Waals surface area (Å²) in [7, 11) is 1.62. The number of carbonyl (C=O) groups excluding carboxylic acids is 1. The minimum Gasteiger partial charge on any atom is -0.355 e. The van der Waals surface area contributed by atoms with E-state index in [2.05, 4.69) is 20.3 Å². The van der Waals surface area contributed by atoms with Crippen LogP contribution in [0.3, 0.4) is 0 Å². The van der Waals surface area contributed by atoms with Gasteiger partial charge in [-0.1, -0.05) is 0 Å². The van der Waals surface area contributed by atoms with E-state index in [-0.39, 0.29) is 5.91 Å². The van der Waals surface area contributed by atoms with Crippen LogP contribution < -0.4 is 5.32 Å². The summed E-state index contributed by atoms with van der Waals surface area (Å²) in [6.45, 7) is 0. The van der Waals surface area contributed by atoms with E-state index in [1.54, 1.807) is 19.3 Å². The van der Waals surface area contributed by atoms with Gasteiger partial charge in [0.15, 0.2) is 5.65 Å². The van der Waals surface area contributed by atoms with E-state index in [4.69, 9.17) is 0 Å². The van der Waals surface area contributed by atoms with E-state index >= 15 is 0 Å². The zero-order valence-corrected chi connectivity index (χ0v) is 8.95. The number of aromatic nitrogens is 3. The molecule has 2 aromatic rings. The molecule has 2 N–H and O–H groups in total. The molecule has 0 unspecified atom stereocenters. The van der Waals surface area contributed by atoms with Gasteiger partial charge in [-0.05, 0) is 18.9 Å². The van der Waals surface area contributed by atoms with Crippen molar-refractivity contribution in [2.75, 3.05) is 7.05 Å². The van der Waals surface area contributed by atoms with Crippen molar-refractivity contribution < 1.29 is 4.79 Å². The van der Waals surface area contributed by atoms with Crippen LogP contribution in [0, 0.1) is 0 Å². The number of imidazole rings is 1. The molecule has 1 fully saturated rings. The van der Waals surface area contributed by atoms with Gasteiger partial charge in [-0.25, -0.2) is 9.97 Å². The Hall–Kier alpha value is -1.91. The second-order valence-electron chi connectivity index (χ2n) is 4.03. The third-order valence-electron chi connectivity index (χ3n) is 2.85. The lowest BCUT2D eigenvalue weighted by molar-refractivity contribution is 0.0964. The molecule has 1 aliphatic carbocycles. The molecule has 1 aliphatic rings. The molecule has 0 aromatic carbocycles. The topological polar surface area (TPSA) is 70.7 Å². The van der Waals surface area contributed by atoms with Crippen LogP contribution in [-0.2, 0) is 0 Å². The van der Waals surface area contributed by atoms with Crippen LogP contribution >= 0.6 is 0 Å². The van der Waals surface area contributed by atoms with Crippen molar-refractivity contribution in [1.29, 1.82) is 0 Å². The lowest BCUT2D eigenvalue weighted by atomic mass is 10.2. The van der Waals surface area contributed by atoms with E-state index in [9.17, 15) is 4.79 Å². The second kappa shape index (κ2) is 3.30. The smallest absolute Gasteiger partial charge is 0.253 e. The zero-order valence-electron chi connectivity index (χ0n) is 8.95. The lowest BCUT2D eigenvalue weighted by Crippen LogP contribution is -2.18. The lowest BCUT2D eigenvalue weighted by Gasteiger charge is -1.99. The SMILES string of the molecule is CNC(=O)c1ccnc2nc(C3CC3)[nH]c12. The summed E-state index contributed by atoms with van der Waals surface area (Å²) in [5, 5.41) is 2.61. The van der Waals surface area contributed by atoms with Crippen molar-refractivity contribution in [3.8, 4) is 0 Å². The molecule has 0 aliphatic heterocycles. The molecule has 2 aromatic heterocycles. The van der Waals surface area contributed by atoms with Gasteiger partial charge in [0.2, 0.25) is 0 Å². The van der Waals surface area contributed by atoms with Gasteiger partial charge in [0.25, 0.3) is 5.91 Å². The van der Waals surface area contributed by atoms with Crippen LogP contribution in [0.25, 0.3) is 11.2 Å². The predicted molar refractivity (Wildman–Crippen MR) is 59.3 cm³/mol. The fraction of sp³-hybridized carbons (Fsp3) is 0.364. The third-order valence-corrected chi connectivity index (χ3v) is 2.85. The Morgan fingerprint density at radius 2 is 2.38 bits per heavy atom. The molecule has 0 bridgehead atoms. The Morgan fingerprint density at radius 3 is 3.06 bits per heavy atom. The van der Waals surface area contributed by atoms with Crippen LogP contribution in [0.5, 0.6) is 0 Å². The molecule has 0 saturated heterocycles. The Kier molecular flexibility index (Phi) is 1.92. The molecule has 3 rings (SSSR count). The standard InChI is InChI=1S/C11H12N4O/c1-12-11(16)7-4-5-13-10-8(7)14-9(15-10)6-2-3-6/h4-6H,2-3H2,1H3,(H,12,16)(H,13,14,15). The summed E-state index contributed by atoms with van der Waals surface area (Å²) in [5.41, 5.74) is 1.97. The Labute approximate surface area is 92.3 Å². The minimum atomic E-state index is -0.113. The number of amides is 1. The highest BCUT2D eigenvalue weighted by Gasteiger charge is 2.27. The highest BCUT2D eigenvalue weighted by atomic mass is 16.1. The van der Waals surface area contributed by atoms with Gasteiger partial charge in [0.05, 0.1) is 11.1 Å². The molecule has 5 nitrogen and oxygen atoms in total. The maximum Gasteiger partial charge on any atom is 0.253 e. The van der Waals surface area contributed by atoms with Crippen molar-refractivity contribution in [3.05, 3.63) is 23.7 Å². The highest BCUT2D eigenvalue weighted by molar-refractivity contribution is 6.03. The summed E-state index contributed by atoms with van der Waals surface area (Å²) in [4.78, 5) is 23.4.